The van der Waals surface area contributed by atoms with Crippen LogP contribution >= 0.6 is 0 Å². The average molecular weight is 322 g/mol. The van der Waals surface area contributed by atoms with Crippen molar-refractivity contribution in [2.45, 2.75) is 26.2 Å². The van der Waals surface area contributed by atoms with Crippen molar-refractivity contribution in [3.63, 3.8) is 0 Å². The van der Waals surface area contributed by atoms with Gasteiger partial charge in [-0.2, -0.15) is 0 Å². The van der Waals surface area contributed by atoms with Crippen LogP contribution in [0.1, 0.15) is 25.3 Å². The van der Waals surface area contributed by atoms with Crippen molar-refractivity contribution in [3.8, 4) is 22.3 Å². The Hall–Kier alpha value is -2.48. The fraction of sp³-hybridized carbons (Fsp3) is 0.182. The maximum absolute atomic E-state index is 13.9. The lowest BCUT2D eigenvalue weighted by Crippen LogP contribution is -1.89. The van der Waals surface area contributed by atoms with E-state index in [0.29, 0.717) is 5.56 Å². The number of aryl methyl sites for hydroxylation is 1. The van der Waals surface area contributed by atoms with E-state index in [-0.39, 0.29) is 5.56 Å². The van der Waals surface area contributed by atoms with Gasteiger partial charge in [-0.1, -0.05) is 74.0 Å². The van der Waals surface area contributed by atoms with Crippen LogP contribution in [0.5, 0.6) is 0 Å². The van der Waals surface area contributed by atoms with Gasteiger partial charge in [-0.25, -0.2) is 8.78 Å². The Morgan fingerprint density at radius 2 is 1.29 bits per heavy atom. The second kappa shape index (κ2) is 7.39. The molecule has 0 radical (unpaired) electrons. The molecule has 3 aromatic carbocycles. The van der Waals surface area contributed by atoms with Gasteiger partial charge in [0.2, 0.25) is 0 Å². The van der Waals surface area contributed by atoms with E-state index in [2.05, 4.69) is 31.2 Å². The molecule has 0 nitrogen and oxygen atoms in total. The maximum atomic E-state index is 13.9. The predicted molar refractivity (Wildman–Crippen MR) is 95.8 cm³/mol. The van der Waals surface area contributed by atoms with Crippen LogP contribution in [0, 0.1) is 11.6 Å². The van der Waals surface area contributed by atoms with E-state index >= 15 is 0 Å². The highest BCUT2D eigenvalue weighted by Crippen LogP contribution is 2.27. The fourth-order valence-corrected chi connectivity index (χ4v) is 2.81. The Morgan fingerprint density at radius 3 is 1.92 bits per heavy atom. The van der Waals surface area contributed by atoms with Gasteiger partial charge in [0, 0.05) is 5.56 Å². The molecule has 0 atom stereocenters. The van der Waals surface area contributed by atoms with Gasteiger partial charge in [-0.05, 0) is 41.2 Å². The lowest BCUT2D eigenvalue weighted by molar-refractivity contribution is 0.511. The van der Waals surface area contributed by atoms with E-state index in [1.165, 1.54) is 24.5 Å². The number of hydrogen-bond donors (Lipinski definition) is 0. The number of benzene rings is 3. The molecule has 0 aliphatic heterocycles. The molecule has 0 bridgehead atoms. The third-order valence-corrected chi connectivity index (χ3v) is 4.25. The van der Waals surface area contributed by atoms with Crippen molar-refractivity contribution in [3.05, 3.63) is 83.9 Å². The fourth-order valence-electron chi connectivity index (χ4n) is 2.81. The zero-order valence-corrected chi connectivity index (χ0v) is 13.7. The molecule has 0 saturated carbocycles. The number of halogens is 2. The highest BCUT2D eigenvalue weighted by atomic mass is 19.2. The van der Waals surface area contributed by atoms with Gasteiger partial charge >= 0.3 is 0 Å². The van der Waals surface area contributed by atoms with Gasteiger partial charge in [-0.15, -0.1) is 0 Å². The molecule has 0 spiro atoms. The topological polar surface area (TPSA) is 0 Å². The van der Waals surface area contributed by atoms with E-state index in [4.69, 9.17) is 0 Å². The summed E-state index contributed by atoms with van der Waals surface area (Å²) < 4.78 is 27.2. The highest BCUT2D eigenvalue weighted by molar-refractivity contribution is 5.70. The lowest BCUT2D eigenvalue weighted by atomic mass is 9.98. The third-order valence-electron chi connectivity index (χ3n) is 4.25. The zero-order valence-electron chi connectivity index (χ0n) is 13.7. The molecule has 0 heterocycles. The maximum Gasteiger partial charge on any atom is 0.166 e. The molecule has 0 aliphatic rings. The van der Waals surface area contributed by atoms with E-state index in [1.807, 2.05) is 24.3 Å². The first-order valence-electron chi connectivity index (χ1n) is 8.33. The lowest BCUT2D eigenvalue weighted by Gasteiger charge is -2.07. The summed E-state index contributed by atoms with van der Waals surface area (Å²) in [6.45, 7) is 2.19. The SMILES string of the molecule is CCCCc1ccc(-c2ccc(-c3cccc(F)c3F)cc2)cc1. The molecule has 0 saturated heterocycles. The van der Waals surface area contributed by atoms with Crippen molar-refractivity contribution in [1.29, 1.82) is 0 Å². The van der Waals surface area contributed by atoms with E-state index in [9.17, 15) is 8.78 Å². The first-order valence-corrected chi connectivity index (χ1v) is 8.33. The zero-order chi connectivity index (χ0) is 16.9. The van der Waals surface area contributed by atoms with Gasteiger partial charge in [-0.3, -0.25) is 0 Å². The van der Waals surface area contributed by atoms with Crippen LogP contribution in [0.15, 0.2) is 66.7 Å². The standard InChI is InChI=1S/C22H20F2/c1-2-3-5-16-8-10-17(11-9-16)18-12-14-19(15-13-18)20-6-4-7-21(23)22(20)24/h4,6-15H,2-3,5H2,1H3. The van der Waals surface area contributed by atoms with E-state index in [0.717, 1.165) is 23.6 Å². The highest BCUT2D eigenvalue weighted by Gasteiger charge is 2.09. The summed E-state index contributed by atoms with van der Waals surface area (Å²) in [6, 6.07) is 20.3. The predicted octanol–water partition coefficient (Wildman–Crippen LogP) is 6.64. The molecule has 0 N–H and O–H groups in total. The normalized spacial score (nSPS) is 10.8. The Bertz CT molecular complexity index is 802. The molecule has 0 fully saturated rings. The second-order valence-corrected chi connectivity index (χ2v) is 5.98. The van der Waals surface area contributed by atoms with Crippen LogP contribution in [0.4, 0.5) is 8.78 Å². The molecular formula is C22H20F2. The quantitative estimate of drug-likeness (QED) is 0.494. The van der Waals surface area contributed by atoms with E-state index in [1.54, 1.807) is 6.07 Å². The van der Waals surface area contributed by atoms with Crippen LogP contribution in [-0.2, 0) is 6.42 Å². The molecule has 0 amide bonds. The van der Waals surface area contributed by atoms with Crippen LogP contribution in [0.3, 0.4) is 0 Å². The summed E-state index contributed by atoms with van der Waals surface area (Å²) >= 11 is 0. The summed E-state index contributed by atoms with van der Waals surface area (Å²) in [7, 11) is 0. The summed E-state index contributed by atoms with van der Waals surface area (Å²) in [5.41, 5.74) is 4.50. The summed E-state index contributed by atoms with van der Waals surface area (Å²) in [5.74, 6) is -1.62. The van der Waals surface area contributed by atoms with Crippen LogP contribution in [-0.4, -0.2) is 0 Å². The van der Waals surface area contributed by atoms with Crippen molar-refractivity contribution < 1.29 is 8.78 Å². The molecule has 122 valence electrons. The Balaban J connectivity index is 1.83. The number of unbranched alkanes of at least 4 members (excludes halogenated alkanes) is 1. The molecule has 3 rings (SSSR count). The van der Waals surface area contributed by atoms with Crippen molar-refractivity contribution in [1.82, 2.24) is 0 Å². The average Bonchev–Trinajstić information content (AvgIpc) is 2.63. The third kappa shape index (κ3) is 3.53. The first-order chi connectivity index (χ1) is 11.7. The minimum atomic E-state index is -0.820. The molecule has 2 heteroatoms. The molecule has 24 heavy (non-hydrogen) atoms. The monoisotopic (exact) mass is 322 g/mol. The van der Waals surface area contributed by atoms with Gasteiger partial charge in [0.15, 0.2) is 11.6 Å². The minimum Gasteiger partial charge on any atom is -0.204 e. The number of hydrogen-bond acceptors (Lipinski definition) is 0. The minimum absolute atomic E-state index is 0.288. The molecule has 0 unspecified atom stereocenters. The van der Waals surface area contributed by atoms with Crippen molar-refractivity contribution in [2.75, 3.05) is 0 Å². The van der Waals surface area contributed by atoms with Crippen LogP contribution < -0.4 is 0 Å². The first kappa shape index (κ1) is 16.4. The summed E-state index contributed by atoms with van der Waals surface area (Å²) in [5, 5.41) is 0. The summed E-state index contributed by atoms with van der Waals surface area (Å²) in [4.78, 5) is 0. The summed E-state index contributed by atoms with van der Waals surface area (Å²) in [6.07, 6.45) is 3.50. The van der Waals surface area contributed by atoms with Crippen LogP contribution in [0.25, 0.3) is 22.3 Å². The smallest absolute Gasteiger partial charge is 0.166 e. The van der Waals surface area contributed by atoms with Crippen molar-refractivity contribution in [2.24, 2.45) is 0 Å². The van der Waals surface area contributed by atoms with Gasteiger partial charge in [0.05, 0.1) is 0 Å². The Kier molecular flexibility index (Phi) is 5.05. The number of rotatable bonds is 5. The van der Waals surface area contributed by atoms with Gasteiger partial charge < -0.3 is 0 Å². The Labute approximate surface area is 141 Å². The molecular weight excluding hydrogens is 302 g/mol. The second-order valence-electron chi connectivity index (χ2n) is 5.98. The van der Waals surface area contributed by atoms with Gasteiger partial charge in [0.1, 0.15) is 0 Å². The Morgan fingerprint density at radius 1 is 0.708 bits per heavy atom. The molecule has 3 aromatic rings. The van der Waals surface area contributed by atoms with Crippen molar-refractivity contribution >= 4 is 0 Å². The molecule has 0 aromatic heterocycles. The van der Waals surface area contributed by atoms with E-state index < -0.39 is 11.6 Å². The molecule has 0 aliphatic carbocycles. The van der Waals surface area contributed by atoms with Gasteiger partial charge in [0.25, 0.3) is 0 Å². The van der Waals surface area contributed by atoms with Crippen LogP contribution in [0.2, 0.25) is 0 Å². The largest absolute Gasteiger partial charge is 0.204 e.